The van der Waals surface area contributed by atoms with Gasteiger partial charge in [-0.05, 0) is 63.5 Å². The highest BCUT2D eigenvalue weighted by molar-refractivity contribution is 9.10. The molecule has 0 bridgehead atoms. The molecule has 3 aromatic rings. The number of sulfonamides is 1. The molecule has 1 unspecified atom stereocenters. The Morgan fingerprint density at radius 2 is 1.87 bits per heavy atom. The molecule has 1 aromatic heterocycles. The number of aromatic nitrogens is 2. The number of amidine groups is 1. The van der Waals surface area contributed by atoms with E-state index in [0.29, 0.717) is 5.69 Å². The van der Waals surface area contributed by atoms with Gasteiger partial charge in [-0.15, -0.1) is 0 Å². The van der Waals surface area contributed by atoms with Crippen LogP contribution >= 0.6 is 15.9 Å². The first kappa shape index (κ1) is 27.6. The van der Waals surface area contributed by atoms with Crippen LogP contribution < -0.4 is 14.9 Å². The zero-order valence-electron chi connectivity index (χ0n) is 19.9. The summed E-state index contributed by atoms with van der Waals surface area (Å²) in [5.74, 6) is -1.00. The average Bonchev–Trinajstić information content (AvgIpc) is 3.31. The lowest BCUT2D eigenvalue weighted by molar-refractivity contribution is -0.123. The number of rotatable bonds is 9. The molecule has 0 fully saturated rings. The molecular formula is C21H21BrFN7O6S2. The Kier molecular flexibility index (Phi) is 8.10. The lowest BCUT2D eigenvalue weighted by atomic mass is 10.2. The quantitative estimate of drug-likeness (QED) is 0.337. The number of benzene rings is 2. The van der Waals surface area contributed by atoms with Gasteiger partial charge in [0.2, 0.25) is 11.7 Å². The van der Waals surface area contributed by atoms with Crippen molar-refractivity contribution >= 4 is 59.1 Å². The van der Waals surface area contributed by atoms with E-state index in [2.05, 4.69) is 45.2 Å². The van der Waals surface area contributed by atoms with Crippen molar-refractivity contribution in [3.8, 4) is 0 Å². The van der Waals surface area contributed by atoms with Crippen LogP contribution in [0.3, 0.4) is 0 Å². The zero-order chi connectivity index (χ0) is 27.5. The van der Waals surface area contributed by atoms with Crippen LogP contribution in [-0.2, 0) is 29.6 Å². The van der Waals surface area contributed by atoms with Gasteiger partial charge in [-0.25, -0.2) is 18.0 Å². The molecule has 202 valence electrons. The summed E-state index contributed by atoms with van der Waals surface area (Å²) in [5, 5.41) is 14.3. The summed E-state index contributed by atoms with van der Waals surface area (Å²) in [6.07, 6.45) is 1.17. The molecule has 0 spiro atoms. The van der Waals surface area contributed by atoms with Gasteiger partial charge in [0.1, 0.15) is 15.7 Å². The van der Waals surface area contributed by atoms with Crippen LogP contribution in [-0.4, -0.2) is 60.6 Å². The molecule has 2 heterocycles. The second kappa shape index (κ2) is 11.1. The van der Waals surface area contributed by atoms with Crippen molar-refractivity contribution in [3.05, 3.63) is 64.0 Å². The number of nitrogens with one attached hydrogen (secondary N) is 2. The minimum atomic E-state index is -4.14. The molecular weight excluding hydrogens is 609 g/mol. The van der Waals surface area contributed by atoms with Crippen LogP contribution in [0.4, 0.5) is 15.9 Å². The number of hydrogen-bond donors (Lipinski definition) is 2. The summed E-state index contributed by atoms with van der Waals surface area (Å²) >= 11 is 3.09. The normalized spacial score (nSPS) is 15.4. The van der Waals surface area contributed by atoms with Gasteiger partial charge in [0.05, 0.1) is 15.1 Å². The molecule has 2 N–H and O–H groups in total. The van der Waals surface area contributed by atoms with Crippen LogP contribution in [0.1, 0.15) is 11.3 Å². The number of carbonyl (C=O) groups is 1. The Labute approximate surface area is 225 Å². The topological polar surface area (TPSA) is 168 Å². The Hall–Kier alpha value is -3.41. The van der Waals surface area contributed by atoms with Gasteiger partial charge in [0.15, 0.2) is 12.3 Å². The number of anilines is 2. The Balaban J connectivity index is 1.46. The fourth-order valence-corrected chi connectivity index (χ4v) is 6.63. The second-order valence-corrected chi connectivity index (χ2v) is 12.7. The van der Waals surface area contributed by atoms with Crippen LogP contribution in [0.2, 0.25) is 0 Å². The van der Waals surface area contributed by atoms with E-state index in [1.807, 2.05) is 6.92 Å². The molecule has 17 heteroatoms. The highest BCUT2D eigenvalue weighted by Gasteiger charge is 2.32. The average molecular weight is 630 g/mol. The van der Waals surface area contributed by atoms with Gasteiger partial charge in [0.25, 0.3) is 15.9 Å². The number of amides is 1. The summed E-state index contributed by atoms with van der Waals surface area (Å²) in [7, 11) is -7.47. The smallest absolute Gasteiger partial charge is 0.291 e. The molecule has 13 nitrogen and oxygen atoms in total. The van der Waals surface area contributed by atoms with E-state index in [1.54, 1.807) is 12.1 Å². The fraction of sp³-hybridized carbons (Fsp3) is 0.238. The molecule has 0 saturated heterocycles. The highest BCUT2D eigenvalue weighted by atomic mass is 79.9. The largest absolute Gasteiger partial charge is 0.384 e. The number of aryl methyl sites for hydroxylation is 1. The number of nitrogens with zero attached hydrogens (tertiary/aromatic N) is 5. The van der Waals surface area contributed by atoms with Gasteiger partial charge >= 0.3 is 0 Å². The van der Waals surface area contributed by atoms with Crippen LogP contribution in [0.5, 0.6) is 0 Å². The van der Waals surface area contributed by atoms with E-state index < -0.39 is 31.7 Å². The number of oxime groups is 1. The van der Waals surface area contributed by atoms with E-state index >= 15 is 0 Å². The molecule has 1 amide bonds. The van der Waals surface area contributed by atoms with E-state index in [4.69, 9.17) is 9.47 Å². The molecule has 1 atom stereocenters. The maximum atomic E-state index is 13.7. The van der Waals surface area contributed by atoms with Crippen molar-refractivity contribution < 1.29 is 31.3 Å². The highest BCUT2D eigenvalue weighted by Crippen LogP contribution is 2.27. The number of carbonyl (C=O) groups excluding carboxylic acids is 1. The molecule has 0 aliphatic carbocycles. The maximum Gasteiger partial charge on any atom is 0.291 e. The SMILES string of the molecule is Cc1ccc(S(=O)(=O)N=S(C)(=O)NCCNc2nonc2C2=NOCC(=O)N2c2ccc(F)c(Br)c2)cc1. The standard InChI is InChI=1S/C21H21BrFN7O6S2/c1-13-3-6-15(7-4-13)38(33,34)29-37(2,32)25-10-9-24-20-19(26-36-27-20)21-28-35-12-18(31)30(21)14-5-8-17(23)16(22)11-14/h3-8,11H,9-10,12H2,1-2H3,(H,24,27)(H,25,29,32). The molecule has 1 aliphatic rings. The van der Waals surface area contributed by atoms with Crippen molar-refractivity contribution in [3.63, 3.8) is 0 Å². The second-order valence-electron chi connectivity index (χ2n) is 7.96. The first-order chi connectivity index (χ1) is 18.0. The third-order valence-corrected chi connectivity index (χ3v) is 9.15. The van der Waals surface area contributed by atoms with Crippen molar-refractivity contribution in [1.29, 1.82) is 0 Å². The summed E-state index contributed by atoms with van der Waals surface area (Å²) < 4.78 is 62.6. The third kappa shape index (κ3) is 6.35. The molecule has 38 heavy (non-hydrogen) atoms. The molecule has 0 radical (unpaired) electrons. The maximum absolute atomic E-state index is 13.7. The van der Waals surface area contributed by atoms with Crippen molar-refractivity contribution in [2.45, 2.75) is 11.8 Å². The zero-order valence-corrected chi connectivity index (χ0v) is 23.1. The van der Waals surface area contributed by atoms with Gasteiger partial charge in [-0.2, -0.15) is 8.42 Å². The van der Waals surface area contributed by atoms with Crippen molar-refractivity contribution in [2.75, 3.05) is 36.2 Å². The summed E-state index contributed by atoms with van der Waals surface area (Å²) in [6, 6.07) is 9.97. The van der Waals surface area contributed by atoms with Gasteiger partial charge in [-0.1, -0.05) is 26.6 Å². The van der Waals surface area contributed by atoms with E-state index in [0.717, 1.165) is 5.56 Å². The van der Waals surface area contributed by atoms with Crippen molar-refractivity contribution in [1.82, 2.24) is 15.0 Å². The van der Waals surface area contributed by atoms with E-state index in [9.17, 15) is 21.8 Å². The van der Waals surface area contributed by atoms with Gasteiger partial charge in [-0.3, -0.25) is 9.69 Å². The Morgan fingerprint density at radius 3 is 2.58 bits per heavy atom. The van der Waals surface area contributed by atoms with Crippen LogP contribution in [0.25, 0.3) is 0 Å². The first-order valence-corrected chi connectivity index (χ1v) is 15.0. The minimum Gasteiger partial charge on any atom is -0.384 e. The Morgan fingerprint density at radius 1 is 1.13 bits per heavy atom. The minimum absolute atomic E-state index is 0.00504. The number of halogens is 2. The molecule has 2 aromatic carbocycles. The van der Waals surface area contributed by atoms with Crippen LogP contribution in [0, 0.1) is 12.7 Å². The predicted molar refractivity (Wildman–Crippen MR) is 140 cm³/mol. The first-order valence-electron chi connectivity index (χ1n) is 10.8. The van der Waals surface area contributed by atoms with Crippen molar-refractivity contribution in [2.24, 2.45) is 8.92 Å². The van der Waals surface area contributed by atoms with E-state index in [-0.39, 0.29) is 46.4 Å². The monoisotopic (exact) mass is 629 g/mol. The molecule has 4 rings (SSSR count). The van der Waals surface area contributed by atoms with Crippen LogP contribution in [0.15, 0.2) is 65.4 Å². The molecule has 0 saturated carbocycles. The van der Waals surface area contributed by atoms with E-state index in [1.165, 1.54) is 41.5 Å². The van der Waals surface area contributed by atoms with Gasteiger partial charge < -0.3 is 10.2 Å². The fourth-order valence-electron chi connectivity index (χ4n) is 3.25. The van der Waals surface area contributed by atoms with Gasteiger partial charge in [0, 0.05) is 19.3 Å². The summed E-state index contributed by atoms with van der Waals surface area (Å²) in [5.41, 5.74) is 1.18. The lowest BCUT2D eigenvalue weighted by Crippen LogP contribution is -2.43. The summed E-state index contributed by atoms with van der Waals surface area (Å²) in [4.78, 5) is 18.7. The summed E-state index contributed by atoms with van der Waals surface area (Å²) in [6.45, 7) is 1.55. The lowest BCUT2D eigenvalue weighted by Gasteiger charge is -2.25. The molecule has 1 aliphatic heterocycles. The Bertz CT molecular complexity index is 1620. The predicted octanol–water partition coefficient (Wildman–Crippen LogP) is 2.41. The number of hydrogen-bond acceptors (Lipinski definition) is 10. The third-order valence-electron chi connectivity index (χ3n) is 5.01.